The van der Waals surface area contributed by atoms with E-state index in [4.69, 9.17) is 10.2 Å². The Labute approximate surface area is 175 Å². The molecule has 4 nitrogen and oxygen atoms in total. The van der Waals surface area contributed by atoms with Gasteiger partial charge in [0.05, 0.1) is 0 Å². The molecule has 0 atom stereocenters. The molecule has 0 bridgehead atoms. The summed E-state index contributed by atoms with van der Waals surface area (Å²) in [7, 11) is 0. The summed E-state index contributed by atoms with van der Waals surface area (Å²) in [6.45, 7) is 11.3. The fourth-order valence-corrected chi connectivity index (χ4v) is 3.48. The van der Waals surface area contributed by atoms with Crippen LogP contribution in [0.25, 0.3) is 0 Å². The lowest BCUT2D eigenvalue weighted by Gasteiger charge is -2.14. The molecule has 0 saturated heterocycles. The lowest BCUT2D eigenvalue weighted by molar-refractivity contribution is -0.133. The van der Waals surface area contributed by atoms with Crippen molar-refractivity contribution in [3.8, 4) is 0 Å². The zero-order chi connectivity index (χ0) is 19.7. The van der Waals surface area contributed by atoms with E-state index in [2.05, 4.69) is 102 Å². The molecule has 0 fully saturated rings. The molecule has 0 saturated carbocycles. The maximum Gasteiger partial charge on any atom is 0.330 e. The Morgan fingerprint density at radius 2 is 1.33 bits per heavy atom. The predicted octanol–water partition coefficient (Wildman–Crippen LogP) is 6.35. The van der Waals surface area contributed by atoms with Crippen molar-refractivity contribution in [2.24, 2.45) is 0 Å². The van der Waals surface area contributed by atoms with E-state index in [1.165, 1.54) is 19.4 Å². The quantitative estimate of drug-likeness (QED) is 0.310. The fourth-order valence-electron chi connectivity index (χ4n) is 0.850. The van der Waals surface area contributed by atoms with Crippen LogP contribution < -0.4 is 0 Å². The van der Waals surface area contributed by atoms with Crippen LogP contribution in [0, 0.1) is 6.92 Å². The Morgan fingerprint density at radius 1 is 1.00 bits per heavy atom. The second-order valence-electron chi connectivity index (χ2n) is 4.65. The molecule has 0 unspecified atom stereocenters. The predicted molar refractivity (Wildman–Crippen MR) is 112 cm³/mol. The molecule has 2 N–H and O–H groups in total. The van der Waals surface area contributed by atoms with Gasteiger partial charge >= 0.3 is 11.9 Å². The van der Waals surface area contributed by atoms with Crippen LogP contribution in [-0.2, 0) is 11.7 Å². The average Bonchev–Trinajstić information content (AvgIpc) is 2.37. The van der Waals surface area contributed by atoms with Gasteiger partial charge in [0.25, 0.3) is 0 Å². The van der Waals surface area contributed by atoms with E-state index in [1.54, 1.807) is 0 Å². The van der Waals surface area contributed by atoms with Crippen LogP contribution in [0.2, 0.25) is 0 Å². The van der Waals surface area contributed by atoms with Gasteiger partial charge in [-0.25, -0.2) is 9.59 Å². The molecule has 0 aromatic heterocycles. The standard InChI is InChI=1S/C8H6Br4.2C4H6O2/c1-5-2-3-6(7(9)4-5)8(10,11)12;2*1-3(2)4(5)6/h2-4H,1H3;2*1H2,2H3,(H,5,6). The lowest BCUT2D eigenvalue weighted by atomic mass is 10.2. The van der Waals surface area contributed by atoms with Gasteiger partial charge < -0.3 is 10.2 Å². The smallest absolute Gasteiger partial charge is 0.330 e. The van der Waals surface area contributed by atoms with Gasteiger partial charge in [0, 0.05) is 21.2 Å². The van der Waals surface area contributed by atoms with E-state index in [1.807, 2.05) is 0 Å². The van der Waals surface area contributed by atoms with Crippen LogP contribution in [0.5, 0.6) is 0 Å². The van der Waals surface area contributed by atoms with E-state index in [0.717, 1.165) is 10.0 Å². The minimum Gasteiger partial charge on any atom is -0.478 e. The Balaban J connectivity index is 0. The number of halogens is 4. The Morgan fingerprint density at radius 3 is 1.54 bits per heavy atom. The Kier molecular flexibility index (Phi) is 12.9. The van der Waals surface area contributed by atoms with Crippen molar-refractivity contribution in [1.82, 2.24) is 0 Å². The summed E-state index contributed by atoms with van der Waals surface area (Å²) < 4.78 is 0.743. The monoisotopic (exact) mass is 590 g/mol. The summed E-state index contributed by atoms with van der Waals surface area (Å²) in [6.07, 6.45) is 0. The van der Waals surface area contributed by atoms with E-state index in [-0.39, 0.29) is 13.3 Å². The molecule has 1 rings (SSSR count). The molecular formula is C16H18Br4O4. The number of benzene rings is 1. The highest BCUT2D eigenvalue weighted by Crippen LogP contribution is 2.47. The van der Waals surface area contributed by atoms with Gasteiger partial charge in [-0.2, -0.15) is 0 Å². The summed E-state index contributed by atoms with van der Waals surface area (Å²) in [4.78, 5) is 19.2. The molecule has 0 radical (unpaired) electrons. The van der Waals surface area contributed by atoms with Crippen LogP contribution in [0.3, 0.4) is 0 Å². The maximum absolute atomic E-state index is 9.60. The number of rotatable bonds is 2. The van der Waals surface area contributed by atoms with Gasteiger partial charge in [0.15, 0.2) is 2.14 Å². The van der Waals surface area contributed by atoms with E-state index < -0.39 is 11.9 Å². The van der Waals surface area contributed by atoms with Gasteiger partial charge in [-0.1, -0.05) is 89.0 Å². The average molecular weight is 594 g/mol. The first kappa shape index (κ1) is 25.8. The van der Waals surface area contributed by atoms with E-state index in [0.29, 0.717) is 0 Å². The molecule has 0 aliphatic carbocycles. The first-order valence-corrected chi connectivity index (χ1v) is 9.48. The van der Waals surface area contributed by atoms with Crippen LogP contribution in [0.4, 0.5) is 0 Å². The summed E-state index contributed by atoms with van der Waals surface area (Å²) in [5, 5.41) is 15.8. The summed E-state index contributed by atoms with van der Waals surface area (Å²) >= 11 is 13.9. The van der Waals surface area contributed by atoms with Crippen molar-refractivity contribution in [3.63, 3.8) is 0 Å². The van der Waals surface area contributed by atoms with E-state index in [9.17, 15) is 9.59 Å². The number of hydrogen-bond acceptors (Lipinski definition) is 2. The number of carboxylic acids is 2. The second kappa shape index (κ2) is 12.0. The van der Waals surface area contributed by atoms with Crippen molar-refractivity contribution in [2.45, 2.75) is 22.9 Å². The van der Waals surface area contributed by atoms with Crippen molar-refractivity contribution in [1.29, 1.82) is 0 Å². The topological polar surface area (TPSA) is 74.6 Å². The van der Waals surface area contributed by atoms with Crippen molar-refractivity contribution in [2.75, 3.05) is 0 Å². The third-order valence-electron chi connectivity index (χ3n) is 2.16. The van der Waals surface area contributed by atoms with Crippen molar-refractivity contribution >= 4 is 75.7 Å². The van der Waals surface area contributed by atoms with Gasteiger partial charge in [0.2, 0.25) is 0 Å². The highest BCUT2D eigenvalue weighted by atomic mass is 80.0. The molecule has 8 heteroatoms. The minimum absolute atomic E-state index is 0.176. The Hall–Kier alpha value is -0.440. The first-order valence-electron chi connectivity index (χ1n) is 6.31. The highest BCUT2D eigenvalue weighted by Gasteiger charge is 2.23. The maximum atomic E-state index is 9.60. The number of aryl methyl sites for hydroxylation is 1. The molecule has 0 amide bonds. The van der Waals surface area contributed by atoms with Crippen molar-refractivity contribution in [3.05, 3.63) is 58.1 Å². The van der Waals surface area contributed by atoms with E-state index >= 15 is 0 Å². The zero-order valence-corrected chi connectivity index (χ0v) is 19.7. The number of aliphatic carboxylic acids is 2. The minimum atomic E-state index is -0.935. The highest BCUT2D eigenvalue weighted by molar-refractivity contribution is 9.38. The molecule has 24 heavy (non-hydrogen) atoms. The molecule has 1 aromatic carbocycles. The largest absolute Gasteiger partial charge is 0.478 e. The third kappa shape index (κ3) is 12.9. The number of carbonyl (C=O) groups is 2. The SMILES string of the molecule is C=C(C)C(=O)O.C=C(C)C(=O)O.Cc1ccc(C(Br)(Br)Br)c(Br)c1. The molecular weight excluding hydrogens is 576 g/mol. The number of alkyl halides is 3. The fraction of sp³-hybridized carbons (Fsp3) is 0.250. The summed E-state index contributed by atoms with van der Waals surface area (Å²) in [5.41, 5.74) is 2.71. The van der Waals surface area contributed by atoms with Crippen LogP contribution in [-0.4, -0.2) is 22.2 Å². The molecule has 0 aliphatic heterocycles. The van der Waals surface area contributed by atoms with Crippen LogP contribution in [0.1, 0.15) is 25.0 Å². The van der Waals surface area contributed by atoms with Gasteiger partial charge in [-0.15, -0.1) is 0 Å². The van der Waals surface area contributed by atoms with Crippen LogP contribution >= 0.6 is 63.7 Å². The third-order valence-corrected chi connectivity index (χ3v) is 4.10. The molecule has 0 aliphatic rings. The summed E-state index contributed by atoms with van der Waals surface area (Å²) in [6, 6.07) is 6.20. The number of carboxylic acid groups (broad SMARTS) is 2. The van der Waals surface area contributed by atoms with Gasteiger partial charge in [-0.05, 0) is 32.4 Å². The molecule has 0 spiro atoms. The first-order chi connectivity index (χ1) is 10.7. The van der Waals surface area contributed by atoms with Crippen LogP contribution in [0.15, 0.2) is 47.0 Å². The van der Waals surface area contributed by atoms with Gasteiger partial charge in [0.1, 0.15) is 0 Å². The Bertz CT molecular complexity index is 571. The molecule has 134 valence electrons. The lowest BCUT2D eigenvalue weighted by Crippen LogP contribution is -1.98. The second-order valence-corrected chi connectivity index (χ2v) is 12.3. The normalized spacial score (nSPS) is 9.62. The zero-order valence-electron chi connectivity index (χ0n) is 13.4. The van der Waals surface area contributed by atoms with Crippen molar-refractivity contribution < 1.29 is 19.8 Å². The number of hydrogen-bond donors (Lipinski definition) is 2. The molecule has 0 heterocycles. The summed E-state index contributed by atoms with van der Waals surface area (Å²) in [5.74, 6) is -1.87. The van der Waals surface area contributed by atoms with Gasteiger partial charge in [-0.3, -0.25) is 0 Å². The molecule has 1 aromatic rings.